The van der Waals surface area contributed by atoms with Crippen LogP contribution >= 0.6 is 0 Å². The summed E-state index contributed by atoms with van der Waals surface area (Å²) in [5.74, 6) is 1.53. The van der Waals surface area contributed by atoms with Crippen LogP contribution in [0, 0.1) is 0 Å². The summed E-state index contributed by atoms with van der Waals surface area (Å²) in [5, 5.41) is 0. The lowest BCUT2D eigenvalue weighted by Crippen LogP contribution is -2.36. The van der Waals surface area contributed by atoms with Gasteiger partial charge in [0.1, 0.15) is 0 Å². The van der Waals surface area contributed by atoms with Crippen molar-refractivity contribution in [3.63, 3.8) is 0 Å². The van der Waals surface area contributed by atoms with Crippen LogP contribution in [0.4, 0.5) is 0 Å². The fourth-order valence-electron chi connectivity index (χ4n) is 2.79. The van der Waals surface area contributed by atoms with Crippen molar-refractivity contribution in [1.29, 1.82) is 0 Å². The monoisotopic (exact) mass is 277 g/mol. The van der Waals surface area contributed by atoms with Crippen molar-refractivity contribution in [2.75, 3.05) is 21.3 Å². The molecule has 0 radical (unpaired) electrons. The topological polar surface area (TPSA) is 38.8 Å². The number of methoxy groups -OCH3 is 2. The highest BCUT2D eigenvalue weighted by Gasteiger charge is 2.23. The molecule has 0 spiro atoms. The highest BCUT2D eigenvalue weighted by Crippen LogP contribution is 2.28. The van der Waals surface area contributed by atoms with Crippen LogP contribution in [0.2, 0.25) is 0 Å². The van der Waals surface area contributed by atoms with Gasteiger partial charge in [-0.3, -0.25) is 4.79 Å². The second-order valence-electron chi connectivity index (χ2n) is 5.31. The van der Waals surface area contributed by atoms with Crippen LogP contribution in [0.1, 0.15) is 31.2 Å². The van der Waals surface area contributed by atoms with E-state index in [1.54, 1.807) is 14.2 Å². The third-order valence-electron chi connectivity index (χ3n) is 4.07. The smallest absolute Gasteiger partial charge is 0.226 e. The van der Waals surface area contributed by atoms with E-state index in [4.69, 9.17) is 9.47 Å². The Morgan fingerprint density at radius 1 is 1.20 bits per heavy atom. The lowest BCUT2D eigenvalue weighted by atomic mass is 10.1. The number of nitrogens with zero attached hydrogens (tertiary/aromatic N) is 1. The van der Waals surface area contributed by atoms with E-state index in [0.717, 1.165) is 18.4 Å². The number of carbonyl (C=O) groups excluding carboxylic acids is 1. The van der Waals surface area contributed by atoms with Crippen LogP contribution in [0.25, 0.3) is 0 Å². The van der Waals surface area contributed by atoms with Crippen LogP contribution in [-0.2, 0) is 11.2 Å². The highest BCUT2D eigenvalue weighted by atomic mass is 16.5. The molecule has 0 atom stereocenters. The van der Waals surface area contributed by atoms with Crippen LogP contribution in [0.3, 0.4) is 0 Å². The SMILES string of the molecule is COc1ccc(CC(=O)N(C)C2CCCC2)cc1OC. The molecule has 1 fully saturated rings. The van der Waals surface area contributed by atoms with E-state index in [2.05, 4.69) is 0 Å². The molecule has 0 N–H and O–H groups in total. The van der Waals surface area contributed by atoms with Gasteiger partial charge in [-0.15, -0.1) is 0 Å². The van der Waals surface area contributed by atoms with Crippen molar-refractivity contribution >= 4 is 5.91 Å². The summed E-state index contributed by atoms with van der Waals surface area (Å²) in [4.78, 5) is 14.2. The zero-order valence-electron chi connectivity index (χ0n) is 12.5. The van der Waals surface area contributed by atoms with Gasteiger partial charge in [0.15, 0.2) is 11.5 Å². The van der Waals surface area contributed by atoms with Crippen LogP contribution < -0.4 is 9.47 Å². The molecule has 0 heterocycles. The van der Waals surface area contributed by atoms with E-state index in [1.807, 2.05) is 30.1 Å². The van der Waals surface area contributed by atoms with Crippen LogP contribution in [-0.4, -0.2) is 38.1 Å². The van der Waals surface area contributed by atoms with Crippen molar-refractivity contribution in [3.8, 4) is 11.5 Å². The number of benzene rings is 1. The average molecular weight is 277 g/mol. The molecule has 1 aromatic rings. The minimum atomic E-state index is 0.170. The molecule has 0 bridgehead atoms. The molecule has 0 aliphatic heterocycles. The van der Waals surface area contributed by atoms with Gasteiger partial charge in [0.25, 0.3) is 0 Å². The lowest BCUT2D eigenvalue weighted by molar-refractivity contribution is -0.131. The second-order valence-corrected chi connectivity index (χ2v) is 5.31. The van der Waals surface area contributed by atoms with Gasteiger partial charge in [-0.1, -0.05) is 18.9 Å². The number of ether oxygens (including phenoxy) is 2. The molecule has 20 heavy (non-hydrogen) atoms. The number of amides is 1. The third-order valence-corrected chi connectivity index (χ3v) is 4.07. The van der Waals surface area contributed by atoms with Gasteiger partial charge in [-0.25, -0.2) is 0 Å². The first-order valence-corrected chi connectivity index (χ1v) is 7.12. The van der Waals surface area contributed by atoms with Crippen molar-refractivity contribution in [2.45, 2.75) is 38.1 Å². The Labute approximate surface area is 120 Å². The fourth-order valence-corrected chi connectivity index (χ4v) is 2.79. The van der Waals surface area contributed by atoms with E-state index in [0.29, 0.717) is 24.0 Å². The predicted molar refractivity (Wildman–Crippen MR) is 78.3 cm³/mol. The van der Waals surface area contributed by atoms with E-state index in [9.17, 15) is 4.79 Å². The summed E-state index contributed by atoms with van der Waals surface area (Å²) in [6.45, 7) is 0. The Balaban J connectivity index is 2.03. The molecular formula is C16H23NO3. The second kappa shape index (κ2) is 6.64. The number of rotatable bonds is 5. The molecule has 1 aliphatic rings. The third kappa shape index (κ3) is 3.24. The van der Waals surface area contributed by atoms with Crippen molar-refractivity contribution in [1.82, 2.24) is 4.90 Å². The first-order valence-electron chi connectivity index (χ1n) is 7.12. The predicted octanol–water partition coefficient (Wildman–Crippen LogP) is 2.65. The lowest BCUT2D eigenvalue weighted by Gasteiger charge is -2.24. The summed E-state index contributed by atoms with van der Waals surface area (Å²) < 4.78 is 10.5. The highest BCUT2D eigenvalue weighted by molar-refractivity contribution is 5.79. The van der Waals surface area contributed by atoms with E-state index in [-0.39, 0.29) is 5.91 Å². The number of hydrogen-bond acceptors (Lipinski definition) is 3. The van der Waals surface area contributed by atoms with Gasteiger partial charge < -0.3 is 14.4 Å². The van der Waals surface area contributed by atoms with Gasteiger partial charge in [0.05, 0.1) is 20.6 Å². The maximum Gasteiger partial charge on any atom is 0.226 e. The minimum absolute atomic E-state index is 0.170. The maximum absolute atomic E-state index is 12.3. The van der Waals surface area contributed by atoms with Gasteiger partial charge in [-0.2, -0.15) is 0 Å². The summed E-state index contributed by atoms with van der Waals surface area (Å²) in [6.07, 6.45) is 5.15. The van der Waals surface area contributed by atoms with Gasteiger partial charge in [-0.05, 0) is 30.5 Å². The Bertz CT molecular complexity index is 467. The Hall–Kier alpha value is -1.71. The van der Waals surface area contributed by atoms with Crippen molar-refractivity contribution < 1.29 is 14.3 Å². The zero-order valence-corrected chi connectivity index (χ0v) is 12.5. The first-order chi connectivity index (χ1) is 9.65. The molecule has 0 unspecified atom stereocenters. The average Bonchev–Trinajstić information content (AvgIpc) is 3.00. The Kier molecular flexibility index (Phi) is 4.88. The summed E-state index contributed by atoms with van der Waals surface area (Å²) in [5.41, 5.74) is 0.956. The van der Waals surface area contributed by atoms with Crippen molar-refractivity contribution in [2.24, 2.45) is 0 Å². The van der Waals surface area contributed by atoms with Gasteiger partial charge in [0.2, 0.25) is 5.91 Å². The molecule has 2 rings (SSSR count). The fraction of sp³-hybridized carbons (Fsp3) is 0.562. The quantitative estimate of drug-likeness (QED) is 0.830. The number of likely N-dealkylation sites (N-methyl/N-ethyl adjacent to an activating group) is 1. The first kappa shape index (κ1) is 14.7. The maximum atomic E-state index is 12.3. The number of carbonyl (C=O) groups is 1. The molecule has 1 aromatic carbocycles. The Morgan fingerprint density at radius 2 is 1.85 bits per heavy atom. The normalized spacial score (nSPS) is 15.2. The van der Waals surface area contributed by atoms with Gasteiger partial charge in [0, 0.05) is 13.1 Å². The molecule has 4 nitrogen and oxygen atoms in total. The Morgan fingerprint density at radius 3 is 2.45 bits per heavy atom. The largest absolute Gasteiger partial charge is 0.493 e. The van der Waals surface area contributed by atoms with E-state index < -0.39 is 0 Å². The molecule has 1 amide bonds. The van der Waals surface area contributed by atoms with E-state index >= 15 is 0 Å². The molecule has 1 saturated carbocycles. The van der Waals surface area contributed by atoms with Gasteiger partial charge >= 0.3 is 0 Å². The molecule has 1 aliphatic carbocycles. The van der Waals surface area contributed by atoms with E-state index in [1.165, 1.54) is 12.8 Å². The van der Waals surface area contributed by atoms with Crippen LogP contribution in [0.5, 0.6) is 11.5 Å². The summed E-state index contributed by atoms with van der Waals surface area (Å²) >= 11 is 0. The summed E-state index contributed by atoms with van der Waals surface area (Å²) in [7, 11) is 5.13. The summed E-state index contributed by atoms with van der Waals surface area (Å²) in [6, 6.07) is 6.06. The number of hydrogen-bond donors (Lipinski definition) is 0. The molecule has 0 saturated heterocycles. The molecule has 0 aromatic heterocycles. The minimum Gasteiger partial charge on any atom is -0.493 e. The standard InChI is InChI=1S/C16H23NO3/c1-17(13-6-4-5-7-13)16(18)11-12-8-9-14(19-2)15(10-12)20-3/h8-10,13H,4-7,11H2,1-3H3. The zero-order chi connectivity index (χ0) is 14.5. The van der Waals surface area contributed by atoms with Crippen molar-refractivity contribution in [3.05, 3.63) is 23.8 Å². The molecule has 4 heteroatoms. The molecule has 110 valence electrons. The van der Waals surface area contributed by atoms with Crippen LogP contribution in [0.15, 0.2) is 18.2 Å². The molecular weight excluding hydrogens is 254 g/mol.